The Balaban J connectivity index is 2.17. The van der Waals surface area contributed by atoms with Crippen molar-refractivity contribution in [3.63, 3.8) is 0 Å². The molecule has 2 rings (SSSR count). The normalized spacial score (nSPS) is 15.6. The summed E-state index contributed by atoms with van der Waals surface area (Å²) in [5.41, 5.74) is 1.57. The van der Waals surface area contributed by atoms with Gasteiger partial charge in [0.25, 0.3) is 5.70 Å². The molecular formula is C11H10N2O3. The molecule has 1 aliphatic carbocycles. The van der Waals surface area contributed by atoms with E-state index < -0.39 is 4.92 Å². The predicted molar refractivity (Wildman–Crippen MR) is 57.3 cm³/mol. The fraction of sp³-hybridized carbons (Fsp3) is 0.182. The van der Waals surface area contributed by atoms with Crippen LogP contribution in [0.5, 0.6) is 0 Å². The molecule has 0 spiro atoms. The number of hydrogen-bond acceptors (Lipinski definition) is 3. The SMILES string of the molecule is O=C1CC([N+](=O)[O-])=CC=C1Cc1cc[nH]c1. The topological polar surface area (TPSA) is 76.0 Å². The Labute approximate surface area is 91.6 Å². The molecule has 0 bridgehead atoms. The van der Waals surface area contributed by atoms with Crippen LogP contribution in [0.2, 0.25) is 0 Å². The van der Waals surface area contributed by atoms with Crippen molar-refractivity contribution in [1.29, 1.82) is 0 Å². The van der Waals surface area contributed by atoms with Crippen molar-refractivity contribution < 1.29 is 9.72 Å². The molecule has 1 N–H and O–H groups in total. The van der Waals surface area contributed by atoms with E-state index in [9.17, 15) is 14.9 Å². The van der Waals surface area contributed by atoms with Gasteiger partial charge < -0.3 is 4.98 Å². The quantitative estimate of drug-likeness (QED) is 0.618. The highest BCUT2D eigenvalue weighted by molar-refractivity contribution is 5.98. The highest BCUT2D eigenvalue weighted by atomic mass is 16.6. The number of carbonyl (C=O) groups is 1. The number of H-pyrrole nitrogens is 1. The first-order chi connectivity index (χ1) is 7.66. The second-order valence-electron chi connectivity index (χ2n) is 3.60. The molecule has 0 atom stereocenters. The summed E-state index contributed by atoms with van der Waals surface area (Å²) in [5.74, 6) is -0.171. The summed E-state index contributed by atoms with van der Waals surface area (Å²) in [6, 6.07) is 1.88. The number of aromatic amines is 1. The van der Waals surface area contributed by atoms with Crippen LogP contribution in [-0.4, -0.2) is 15.7 Å². The number of Topliss-reactive ketones (excluding diaryl/α,β-unsaturated/α-hetero) is 1. The number of aromatic nitrogens is 1. The van der Waals surface area contributed by atoms with Gasteiger partial charge in [0, 0.05) is 30.5 Å². The van der Waals surface area contributed by atoms with Crippen LogP contribution in [-0.2, 0) is 11.2 Å². The molecule has 0 saturated heterocycles. The Hall–Kier alpha value is -2.17. The van der Waals surface area contributed by atoms with Gasteiger partial charge in [0.1, 0.15) is 6.42 Å². The number of allylic oxidation sites excluding steroid dienone is 4. The molecule has 0 saturated carbocycles. The number of nitro groups is 1. The Morgan fingerprint density at radius 3 is 2.81 bits per heavy atom. The van der Waals surface area contributed by atoms with E-state index in [1.165, 1.54) is 12.2 Å². The molecular weight excluding hydrogens is 208 g/mol. The summed E-state index contributed by atoms with van der Waals surface area (Å²) in [4.78, 5) is 24.5. The van der Waals surface area contributed by atoms with Crippen molar-refractivity contribution in [3.8, 4) is 0 Å². The number of rotatable bonds is 3. The van der Waals surface area contributed by atoms with Crippen LogP contribution in [0.1, 0.15) is 12.0 Å². The van der Waals surface area contributed by atoms with E-state index in [0.717, 1.165) is 5.56 Å². The first-order valence-electron chi connectivity index (χ1n) is 4.86. The van der Waals surface area contributed by atoms with Crippen molar-refractivity contribution in [2.24, 2.45) is 0 Å². The highest BCUT2D eigenvalue weighted by Crippen LogP contribution is 2.18. The highest BCUT2D eigenvalue weighted by Gasteiger charge is 2.22. The number of hydrogen-bond donors (Lipinski definition) is 1. The lowest BCUT2D eigenvalue weighted by Crippen LogP contribution is -2.13. The second-order valence-corrected chi connectivity index (χ2v) is 3.60. The largest absolute Gasteiger partial charge is 0.367 e. The van der Waals surface area contributed by atoms with Crippen molar-refractivity contribution in [2.75, 3.05) is 0 Å². The lowest BCUT2D eigenvalue weighted by atomic mass is 9.96. The Bertz CT molecular complexity index is 483. The van der Waals surface area contributed by atoms with E-state index in [2.05, 4.69) is 4.98 Å². The summed E-state index contributed by atoms with van der Waals surface area (Å²) >= 11 is 0. The van der Waals surface area contributed by atoms with Crippen LogP contribution < -0.4 is 0 Å². The van der Waals surface area contributed by atoms with Gasteiger partial charge >= 0.3 is 0 Å². The molecule has 1 heterocycles. The molecule has 1 aromatic heterocycles. The first-order valence-corrected chi connectivity index (χ1v) is 4.86. The Morgan fingerprint density at radius 2 is 2.25 bits per heavy atom. The standard InChI is InChI=1S/C11H10N2O3/c14-11-6-10(13(15)16)2-1-9(11)5-8-3-4-12-7-8/h1-4,7,12H,5-6H2. The van der Waals surface area contributed by atoms with Crippen molar-refractivity contribution >= 4 is 5.78 Å². The molecule has 1 aliphatic rings. The zero-order chi connectivity index (χ0) is 11.5. The van der Waals surface area contributed by atoms with Crippen molar-refractivity contribution in [1.82, 2.24) is 4.98 Å². The predicted octanol–water partition coefficient (Wildman–Crippen LogP) is 1.62. The molecule has 82 valence electrons. The van der Waals surface area contributed by atoms with Gasteiger partial charge in [-0.05, 0) is 17.7 Å². The van der Waals surface area contributed by atoms with Gasteiger partial charge in [-0.15, -0.1) is 0 Å². The molecule has 0 fully saturated rings. The van der Waals surface area contributed by atoms with E-state index in [0.29, 0.717) is 12.0 Å². The molecule has 0 unspecified atom stereocenters. The lowest BCUT2D eigenvalue weighted by molar-refractivity contribution is -0.426. The van der Waals surface area contributed by atoms with Gasteiger partial charge in [-0.3, -0.25) is 14.9 Å². The Morgan fingerprint density at radius 1 is 1.44 bits per heavy atom. The minimum absolute atomic E-state index is 0.0391. The van der Waals surface area contributed by atoms with E-state index >= 15 is 0 Å². The maximum absolute atomic E-state index is 11.6. The zero-order valence-electron chi connectivity index (χ0n) is 8.47. The number of carbonyl (C=O) groups excluding carboxylic acids is 1. The Kier molecular flexibility index (Phi) is 2.68. The molecule has 0 aromatic carbocycles. The van der Waals surface area contributed by atoms with Crippen molar-refractivity contribution in [2.45, 2.75) is 12.8 Å². The van der Waals surface area contributed by atoms with E-state index in [4.69, 9.17) is 0 Å². The molecule has 5 nitrogen and oxygen atoms in total. The third kappa shape index (κ3) is 2.08. The van der Waals surface area contributed by atoms with Crippen LogP contribution in [0.25, 0.3) is 0 Å². The van der Waals surface area contributed by atoms with E-state index in [-0.39, 0.29) is 17.9 Å². The fourth-order valence-electron chi connectivity index (χ4n) is 1.60. The van der Waals surface area contributed by atoms with Gasteiger partial charge in [-0.2, -0.15) is 0 Å². The molecule has 0 radical (unpaired) electrons. The molecule has 5 heteroatoms. The average molecular weight is 218 g/mol. The third-order valence-electron chi connectivity index (χ3n) is 2.47. The number of nitrogens with one attached hydrogen (secondary N) is 1. The van der Waals surface area contributed by atoms with Crippen LogP contribution in [0.15, 0.2) is 41.9 Å². The van der Waals surface area contributed by atoms with E-state index in [1.54, 1.807) is 12.4 Å². The van der Waals surface area contributed by atoms with Gasteiger partial charge in [0.05, 0.1) is 4.92 Å². The summed E-state index contributed by atoms with van der Waals surface area (Å²) in [6.07, 6.45) is 6.94. The molecule has 0 amide bonds. The maximum Gasteiger partial charge on any atom is 0.253 e. The minimum Gasteiger partial charge on any atom is -0.367 e. The zero-order valence-corrected chi connectivity index (χ0v) is 8.47. The van der Waals surface area contributed by atoms with Crippen molar-refractivity contribution in [3.05, 3.63) is 57.6 Å². The molecule has 16 heavy (non-hydrogen) atoms. The number of ketones is 1. The van der Waals surface area contributed by atoms with Crippen LogP contribution in [0, 0.1) is 10.1 Å². The van der Waals surface area contributed by atoms with Crippen LogP contribution in [0.4, 0.5) is 0 Å². The lowest BCUT2D eigenvalue weighted by Gasteiger charge is -2.07. The summed E-state index contributed by atoms with van der Waals surface area (Å²) in [6.45, 7) is 0. The second kappa shape index (κ2) is 4.14. The van der Waals surface area contributed by atoms with Crippen LogP contribution in [0.3, 0.4) is 0 Å². The van der Waals surface area contributed by atoms with Gasteiger partial charge in [0.15, 0.2) is 5.78 Å². The summed E-state index contributed by atoms with van der Waals surface area (Å²) in [7, 11) is 0. The van der Waals surface area contributed by atoms with Gasteiger partial charge in [0.2, 0.25) is 0 Å². The fourth-order valence-corrected chi connectivity index (χ4v) is 1.60. The monoisotopic (exact) mass is 218 g/mol. The first kappa shape index (κ1) is 10.4. The average Bonchev–Trinajstić information content (AvgIpc) is 2.73. The smallest absolute Gasteiger partial charge is 0.253 e. The van der Waals surface area contributed by atoms with Crippen LogP contribution >= 0.6 is 0 Å². The minimum atomic E-state index is -0.512. The third-order valence-corrected chi connectivity index (χ3v) is 2.47. The maximum atomic E-state index is 11.6. The van der Waals surface area contributed by atoms with E-state index in [1.807, 2.05) is 6.07 Å². The molecule has 0 aliphatic heterocycles. The summed E-state index contributed by atoms with van der Waals surface area (Å²) in [5, 5.41) is 10.5. The van der Waals surface area contributed by atoms with Gasteiger partial charge in [-0.1, -0.05) is 0 Å². The summed E-state index contributed by atoms with van der Waals surface area (Å²) < 4.78 is 0. The number of nitrogens with zero attached hydrogens (tertiary/aromatic N) is 1. The molecule has 1 aromatic rings. The van der Waals surface area contributed by atoms with Gasteiger partial charge in [-0.25, -0.2) is 0 Å².